The first kappa shape index (κ1) is 20.9. The second-order valence-electron chi connectivity index (χ2n) is 7.37. The van der Waals surface area contributed by atoms with Gasteiger partial charge in [0.25, 0.3) is 0 Å². The lowest BCUT2D eigenvalue weighted by Crippen LogP contribution is -2.43. The first-order valence-electron chi connectivity index (χ1n) is 9.47. The van der Waals surface area contributed by atoms with Crippen LogP contribution < -0.4 is 15.4 Å². The molecule has 1 atom stereocenters. The maximum Gasteiger partial charge on any atom is 0.241 e. The van der Waals surface area contributed by atoms with E-state index in [1.54, 1.807) is 26.0 Å². The van der Waals surface area contributed by atoms with Crippen LogP contribution >= 0.6 is 0 Å². The van der Waals surface area contributed by atoms with E-state index in [1.165, 1.54) is 37.8 Å². The molecule has 0 radical (unpaired) electrons. The summed E-state index contributed by atoms with van der Waals surface area (Å²) in [6, 6.07) is 6.18. The fraction of sp³-hybridized carbons (Fsp3) is 0.632. The van der Waals surface area contributed by atoms with Gasteiger partial charge in [-0.1, -0.05) is 25.7 Å². The molecule has 0 saturated heterocycles. The summed E-state index contributed by atoms with van der Waals surface area (Å²) in [5.74, 6) is -0.106. The quantitative estimate of drug-likeness (QED) is 0.634. The van der Waals surface area contributed by atoms with Gasteiger partial charge in [0, 0.05) is 17.8 Å². The largest absolute Gasteiger partial charge is 0.325 e. The summed E-state index contributed by atoms with van der Waals surface area (Å²) in [4.78, 5) is 12.6. The van der Waals surface area contributed by atoms with E-state index in [-0.39, 0.29) is 22.9 Å². The van der Waals surface area contributed by atoms with Gasteiger partial charge in [0.1, 0.15) is 0 Å². The average molecular weight is 382 g/mol. The summed E-state index contributed by atoms with van der Waals surface area (Å²) in [7, 11) is -3.52. The van der Waals surface area contributed by atoms with Crippen molar-refractivity contribution in [3.05, 3.63) is 24.3 Å². The Kier molecular flexibility index (Phi) is 7.61. The number of amides is 1. The van der Waals surface area contributed by atoms with E-state index < -0.39 is 10.0 Å². The Morgan fingerprint density at radius 1 is 1.00 bits per heavy atom. The maximum atomic E-state index is 12.4. The van der Waals surface area contributed by atoms with Crippen LogP contribution in [0.15, 0.2) is 29.2 Å². The van der Waals surface area contributed by atoms with E-state index in [2.05, 4.69) is 15.4 Å². The number of hydrogen-bond donors (Lipinski definition) is 3. The fourth-order valence-electron chi connectivity index (χ4n) is 3.22. The van der Waals surface area contributed by atoms with Gasteiger partial charge in [0.2, 0.25) is 15.9 Å². The lowest BCUT2D eigenvalue weighted by molar-refractivity contribution is -0.118. The van der Waals surface area contributed by atoms with Gasteiger partial charge >= 0.3 is 0 Å². The van der Waals surface area contributed by atoms with Crippen LogP contribution in [-0.4, -0.2) is 32.5 Å². The van der Waals surface area contributed by atoms with Gasteiger partial charge in [-0.05, 0) is 57.9 Å². The molecule has 1 aliphatic carbocycles. The summed E-state index contributed by atoms with van der Waals surface area (Å²) in [5, 5.41) is 6.27. The molecule has 1 amide bonds. The molecular weight excluding hydrogens is 350 g/mol. The zero-order valence-electron chi connectivity index (χ0n) is 15.9. The summed E-state index contributed by atoms with van der Waals surface area (Å²) in [5.41, 5.74) is 0.591. The van der Waals surface area contributed by atoms with Crippen LogP contribution in [0.25, 0.3) is 0 Å². The fourth-order valence-corrected chi connectivity index (χ4v) is 4.47. The van der Waals surface area contributed by atoms with E-state index in [1.807, 2.05) is 6.92 Å². The molecule has 6 nitrogen and oxygen atoms in total. The molecule has 1 aromatic rings. The molecular formula is C19H31N3O3S. The molecule has 2 rings (SSSR count). The molecule has 1 aromatic carbocycles. The summed E-state index contributed by atoms with van der Waals surface area (Å²) in [6.07, 6.45) is 7.22. The van der Waals surface area contributed by atoms with Gasteiger partial charge in [0.15, 0.2) is 0 Å². The summed E-state index contributed by atoms with van der Waals surface area (Å²) >= 11 is 0. The van der Waals surface area contributed by atoms with Crippen molar-refractivity contribution >= 4 is 21.6 Å². The highest BCUT2D eigenvalue weighted by Gasteiger charge is 2.20. The smallest absolute Gasteiger partial charge is 0.241 e. The maximum absolute atomic E-state index is 12.4. The first-order chi connectivity index (χ1) is 12.3. The number of sulfonamides is 1. The number of carbonyl (C=O) groups excluding carboxylic acids is 1. The number of carbonyl (C=O) groups is 1. The van der Waals surface area contributed by atoms with E-state index in [9.17, 15) is 13.2 Å². The molecule has 1 saturated carbocycles. The first-order valence-corrected chi connectivity index (χ1v) is 11.0. The SMILES string of the molecule is CC(C)NS(=O)(=O)c1ccc(NC(=O)[C@H](C)NC2CCCCCC2)cc1. The Labute approximate surface area is 157 Å². The van der Waals surface area contributed by atoms with E-state index >= 15 is 0 Å². The van der Waals surface area contributed by atoms with E-state index in [0.29, 0.717) is 11.7 Å². The molecule has 0 spiro atoms. The normalized spacial score (nSPS) is 17.7. The number of anilines is 1. The average Bonchev–Trinajstić information content (AvgIpc) is 2.82. The number of nitrogens with one attached hydrogen (secondary N) is 3. The molecule has 1 fully saturated rings. The van der Waals surface area contributed by atoms with Gasteiger partial charge in [0.05, 0.1) is 10.9 Å². The van der Waals surface area contributed by atoms with Crippen molar-refractivity contribution in [2.75, 3.05) is 5.32 Å². The summed E-state index contributed by atoms with van der Waals surface area (Å²) in [6.45, 7) is 5.41. The van der Waals surface area contributed by atoms with E-state index in [4.69, 9.17) is 0 Å². The molecule has 1 aliphatic rings. The predicted octanol–water partition coefficient (Wildman–Crippen LogP) is 3.01. The number of hydrogen-bond acceptors (Lipinski definition) is 4. The van der Waals surface area contributed by atoms with Gasteiger partial charge in [-0.15, -0.1) is 0 Å². The van der Waals surface area contributed by atoms with Gasteiger partial charge in [-0.3, -0.25) is 4.79 Å². The van der Waals surface area contributed by atoms with E-state index in [0.717, 1.165) is 12.8 Å². The minimum atomic E-state index is -3.52. The highest BCUT2D eigenvalue weighted by Crippen LogP contribution is 2.18. The molecule has 0 unspecified atom stereocenters. The highest BCUT2D eigenvalue weighted by atomic mass is 32.2. The Bertz CT molecular complexity index is 678. The minimum absolute atomic E-state index is 0.106. The Morgan fingerprint density at radius 3 is 2.12 bits per heavy atom. The van der Waals surface area contributed by atoms with Crippen molar-refractivity contribution in [3.63, 3.8) is 0 Å². The molecule has 3 N–H and O–H groups in total. The predicted molar refractivity (Wildman–Crippen MR) is 105 cm³/mol. The molecule has 7 heteroatoms. The van der Waals surface area contributed by atoms with Crippen LogP contribution in [0.2, 0.25) is 0 Å². The lowest BCUT2D eigenvalue weighted by Gasteiger charge is -2.21. The van der Waals surface area contributed by atoms with Crippen LogP contribution in [0.5, 0.6) is 0 Å². The molecule has 0 bridgehead atoms. The van der Waals surface area contributed by atoms with Crippen LogP contribution in [0, 0.1) is 0 Å². The Balaban J connectivity index is 1.92. The van der Waals surface area contributed by atoms with Crippen molar-refractivity contribution in [1.82, 2.24) is 10.0 Å². The number of rotatable bonds is 7. The van der Waals surface area contributed by atoms with Gasteiger partial charge in [-0.2, -0.15) is 0 Å². The molecule has 146 valence electrons. The minimum Gasteiger partial charge on any atom is -0.325 e. The van der Waals surface area contributed by atoms with Crippen molar-refractivity contribution in [2.45, 2.75) is 82.3 Å². The van der Waals surface area contributed by atoms with Crippen molar-refractivity contribution in [2.24, 2.45) is 0 Å². The highest BCUT2D eigenvalue weighted by molar-refractivity contribution is 7.89. The third-order valence-corrected chi connectivity index (χ3v) is 6.23. The van der Waals surface area contributed by atoms with Crippen LogP contribution in [-0.2, 0) is 14.8 Å². The Morgan fingerprint density at radius 2 is 1.58 bits per heavy atom. The zero-order valence-corrected chi connectivity index (χ0v) is 16.7. The molecule has 0 heterocycles. The van der Waals surface area contributed by atoms with Gasteiger partial charge in [-0.25, -0.2) is 13.1 Å². The van der Waals surface area contributed by atoms with Crippen LogP contribution in [0.4, 0.5) is 5.69 Å². The second-order valence-corrected chi connectivity index (χ2v) is 9.08. The third-order valence-electron chi connectivity index (χ3n) is 4.56. The zero-order chi connectivity index (χ0) is 19.2. The monoisotopic (exact) mass is 381 g/mol. The molecule has 0 aliphatic heterocycles. The molecule has 26 heavy (non-hydrogen) atoms. The Hall–Kier alpha value is -1.44. The second kappa shape index (κ2) is 9.48. The van der Waals surface area contributed by atoms with Crippen LogP contribution in [0.1, 0.15) is 59.3 Å². The topological polar surface area (TPSA) is 87.3 Å². The lowest BCUT2D eigenvalue weighted by atomic mass is 10.1. The summed E-state index contributed by atoms with van der Waals surface area (Å²) < 4.78 is 26.8. The van der Waals surface area contributed by atoms with Gasteiger partial charge < -0.3 is 10.6 Å². The standard InChI is InChI=1S/C19H31N3O3S/c1-14(2)22-26(24,25)18-12-10-17(11-13-18)21-19(23)15(3)20-16-8-6-4-5-7-9-16/h10-16,20,22H,4-9H2,1-3H3,(H,21,23)/t15-/m0/s1. The van der Waals surface area contributed by atoms with Crippen molar-refractivity contribution in [1.29, 1.82) is 0 Å². The van der Waals surface area contributed by atoms with Crippen molar-refractivity contribution < 1.29 is 13.2 Å². The van der Waals surface area contributed by atoms with Crippen LogP contribution in [0.3, 0.4) is 0 Å². The third kappa shape index (κ3) is 6.37. The number of benzene rings is 1. The molecule has 0 aromatic heterocycles. The van der Waals surface area contributed by atoms with Crippen molar-refractivity contribution in [3.8, 4) is 0 Å².